The summed E-state index contributed by atoms with van der Waals surface area (Å²) in [6.45, 7) is 2.12. The van der Waals surface area contributed by atoms with Gasteiger partial charge in [-0.05, 0) is 61.6 Å². The summed E-state index contributed by atoms with van der Waals surface area (Å²) in [4.78, 5) is 18.6. The fourth-order valence-corrected chi connectivity index (χ4v) is 6.17. The zero-order valence-corrected chi connectivity index (χ0v) is 15.8. The molecule has 4 fully saturated rings. The van der Waals surface area contributed by atoms with Crippen LogP contribution in [-0.4, -0.2) is 38.6 Å². The Labute approximate surface area is 158 Å². The molecule has 2 aliphatic carbocycles. The van der Waals surface area contributed by atoms with Crippen LogP contribution in [0, 0.1) is 5.92 Å². The molecule has 2 saturated heterocycles. The lowest BCUT2D eigenvalue weighted by molar-refractivity contribution is -0.174. The van der Waals surface area contributed by atoms with Gasteiger partial charge in [0.05, 0.1) is 5.60 Å². The number of hydrogen-bond acceptors (Lipinski definition) is 2. The molecular formula is C21H25ClN2O2. The number of benzene rings is 1. The van der Waals surface area contributed by atoms with Crippen molar-refractivity contribution in [2.75, 3.05) is 0 Å². The number of hydrogen-bond donors (Lipinski definition) is 2. The molecule has 1 aromatic carbocycles. The zero-order chi connectivity index (χ0) is 18.1. The Kier molecular flexibility index (Phi) is 3.67. The predicted molar refractivity (Wildman–Crippen MR) is 102 cm³/mol. The summed E-state index contributed by atoms with van der Waals surface area (Å²) in [7, 11) is 0. The van der Waals surface area contributed by atoms with Gasteiger partial charge in [0.1, 0.15) is 0 Å². The number of carbonyl (C=O) groups excluding carboxylic acids is 1. The first kappa shape index (κ1) is 16.6. The molecule has 4 bridgehead atoms. The highest BCUT2D eigenvalue weighted by atomic mass is 35.5. The molecule has 5 heteroatoms. The van der Waals surface area contributed by atoms with Crippen molar-refractivity contribution in [3.05, 3.63) is 35.0 Å². The van der Waals surface area contributed by atoms with Crippen LogP contribution in [0.15, 0.2) is 24.4 Å². The molecule has 2 aromatic rings. The van der Waals surface area contributed by atoms with Gasteiger partial charge in [0.25, 0.3) is 0 Å². The minimum atomic E-state index is -0.505. The van der Waals surface area contributed by atoms with Gasteiger partial charge >= 0.3 is 0 Å². The lowest BCUT2D eigenvalue weighted by atomic mass is 9.61. The number of nitrogens with zero attached hydrogens (tertiary/aromatic N) is 1. The first-order chi connectivity index (χ1) is 12.4. The fraction of sp³-hybridized carbons (Fsp3) is 0.571. The molecule has 4 nitrogen and oxygen atoms in total. The molecular weight excluding hydrogens is 348 g/mol. The number of piperidine rings is 2. The summed E-state index contributed by atoms with van der Waals surface area (Å²) in [5.74, 6) is 1.01. The van der Waals surface area contributed by atoms with Gasteiger partial charge in [-0.1, -0.05) is 24.6 Å². The summed E-state index contributed by atoms with van der Waals surface area (Å²) >= 11 is 6.07. The number of carbonyl (C=O) groups is 1. The number of amides is 1. The van der Waals surface area contributed by atoms with E-state index in [1.54, 1.807) is 0 Å². The van der Waals surface area contributed by atoms with Gasteiger partial charge < -0.3 is 15.0 Å². The Morgan fingerprint density at radius 2 is 2.08 bits per heavy atom. The largest absolute Gasteiger partial charge is 0.390 e. The Hall–Kier alpha value is -1.52. The van der Waals surface area contributed by atoms with Crippen LogP contribution in [0.1, 0.15) is 56.9 Å². The van der Waals surface area contributed by atoms with Crippen molar-refractivity contribution in [3.8, 4) is 0 Å². The minimum absolute atomic E-state index is 0.151. The van der Waals surface area contributed by atoms with Crippen molar-refractivity contribution >= 4 is 28.4 Å². The van der Waals surface area contributed by atoms with Crippen LogP contribution in [0.2, 0.25) is 5.02 Å². The van der Waals surface area contributed by atoms with E-state index in [-0.39, 0.29) is 23.9 Å². The number of aromatic nitrogens is 1. The summed E-state index contributed by atoms with van der Waals surface area (Å²) in [5, 5.41) is 12.6. The monoisotopic (exact) mass is 372 g/mol. The van der Waals surface area contributed by atoms with Crippen molar-refractivity contribution in [1.82, 2.24) is 9.88 Å². The molecule has 1 aromatic heterocycles. The number of aliphatic hydroxyl groups is 1. The van der Waals surface area contributed by atoms with Crippen LogP contribution in [0.3, 0.4) is 0 Å². The predicted octanol–water partition coefficient (Wildman–Crippen LogP) is 4.22. The van der Waals surface area contributed by atoms with E-state index in [1.807, 2.05) is 24.4 Å². The third kappa shape index (κ3) is 2.57. The maximum absolute atomic E-state index is 13.1. The van der Waals surface area contributed by atoms with Crippen molar-refractivity contribution in [2.24, 2.45) is 5.92 Å². The number of aromatic amines is 1. The third-order valence-electron chi connectivity index (χ3n) is 6.87. The van der Waals surface area contributed by atoms with Gasteiger partial charge in [-0.2, -0.15) is 0 Å². The second-order valence-corrected chi connectivity index (χ2v) is 9.26. The molecule has 0 radical (unpaired) electrons. The van der Waals surface area contributed by atoms with E-state index in [1.165, 1.54) is 5.56 Å². The number of fused-ring (bicyclic) bond motifs is 1. The minimum Gasteiger partial charge on any atom is -0.390 e. The van der Waals surface area contributed by atoms with E-state index in [9.17, 15) is 9.90 Å². The lowest BCUT2D eigenvalue weighted by Gasteiger charge is -2.59. The van der Waals surface area contributed by atoms with E-state index in [0.717, 1.165) is 43.0 Å². The maximum Gasteiger partial charge on any atom is 0.223 e. The smallest absolute Gasteiger partial charge is 0.223 e. The van der Waals surface area contributed by atoms with Gasteiger partial charge in [0.2, 0.25) is 5.91 Å². The van der Waals surface area contributed by atoms with Gasteiger partial charge in [-0.25, -0.2) is 0 Å². The maximum atomic E-state index is 13.1. The van der Waals surface area contributed by atoms with Crippen molar-refractivity contribution in [3.63, 3.8) is 0 Å². The highest BCUT2D eigenvalue weighted by Gasteiger charge is 2.54. The number of nitrogens with one attached hydrogen (secondary N) is 1. The van der Waals surface area contributed by atoms with Crippen LogP contribution >= 0.6 is 11.6 Å². The molecule has 6 rings (SSSR count). The quantitative estimate of drug-likeness (QED) is 0.847. The molecule has 3 unspecified atom stereocenters. The highest BCUT2D eigenvalue weighted by molar-refractivity contribution is 6.31. The van der Waals surface area contributed by atoms with Crippen molar-refractivity contribution in [1.29, 1.82) is 0 Å². The average Bonchev–Trinajstić information content (AvgIpc) is 2.95. The highest BCUT2D eigenvalue weighted by Crippen LogP contribution is 2.51. The second-order valence-electron chi connectivity index (χ2n) is 8.82. The average molecular weight is 373 g/mol. The van der Waals surface area contributed by atoms with Gasteiger partial charge in [-0.15, -0.1) is 0 Å². The van der Waals surface area contributed by atoms with Crippen LogP contribution in [0.4, 0.5) is 0 Å². The number of halogens is 1. The van der Waals surface area contributed by atoms with E-state index in [4.69, 9.17) is 11.6 Å². The molecule has 3 heterocycles. The Balaban J connectivity index is 1.35. The van der Waals surface area contributed by atoms with Crippen LogP contribution in [-0.2, 0) is 4.79 Å². The zero-order valence-electron chi connectivity index (χ0n) is 15.0. The van der Waals surface area contributed by atoms with E-state index < -0.39 is 5.60 Å². The van der Waals surface area contributed by atoms with Crippen LogP contribution in [0.25, 0.3) is 10.9 Å². The van der Waals surface area contributed by atoms with E-state index in [0.29, 0.717) is 17.4 Å². The summed E-state index contributed by atoms with van der Waals surface area (Å²) < 4.78 is 0. The summed E-state index contributed by atoms with van der Waals surface area (Å²) in [6.07, 6.45) is 7.16. The van der Waals surface area contributed by atoms with E-state index >= 15 is 0 Å². The molecule has 2 saturated carbocycles. The SMILES string of the molecule is CC(CC(=O)N1C2CC3CC1CC(O)(C3)C2)c1c[nH]c2cc(Cl)ccc12. The number of H-pyrrole nitrogens is 1. The number of rotatable bonds is 3. The normalized spacial score (nSPS) is 33.8. The fourth-order valence-electron chi connectivity index (χ4n) is 6.00. The molecule has 1 amide bonds. The third-order valence-corrected chi connectivity index (χ3v) is 7.11. The molecule has 2 aliphatic heterocycles. The first-order valence-electron chi connectivity index (χ1n) is 9.72. The van der Waals surface area contributed by atoms with Crippen molar-refractivity contribution < 1.29 is 9.90 Å². The standard InChI is InChI=1S/C21H25ClN2O2/c1-12(18-11-23-19-7-14(22)2-3-17(18)19)4-20(25)24-15-5-13-6-16(24)10-21(26,8-13)9-15/h2-3,7,11-13,15-16,23,26H,4-6,8-10H2,1H3. The molecule has 4 aliphatic rings. The Bertz CT molecular complexity index is 860. The van der Waals surface area contributed by atoms with E-state index in [2.05, 4.69) is 16.8 Å². The molecule has 3 atom stereocenters. The Morgan fingerprint density at radius 1 is 1.35 bits per heavy atom. The summed E-state index contributed by atoms with van der Waals surface area (Å²) in [6, 6.07) is 6.35. The molecule has 0 spiro atoms. The Morgan fingerprint density at radius 3 is 2.77 bits per heavy atom. The summed E-state index contributed by atoms with van der Waals surface area (Å²) in [5.41, 5.74) is 1.69. The molecule has 2 N–H and O–H groups in total. The van der Waals surface area contributed by atoms with Gasteiger partial charge in [0.15, 0.2) is 0 Å². The van der Waals surface area contributed by atoms with Crippen molar-refractivity contribution in [2.45, 2.75) is 69.1 Å². The van der Waals surface area contributed by atoms with Gasteiger partial charge in [0, 0.05) is 40.6 Å². The lowest BCUT2D eigenvalue weighted by Crippen LogP contribution is -2.65. The van der Waals surface area contributed by atoms with Crippen LogP contribution in [0.5, 0.6) is 0 Å². The molecule has 138 valence electrons. The topological polar surface area (TPSA) is 56.3 Å². The molecule has 26 heavy (non-hydrogen) atoms. The first-order valence-corrected chi connectivity index (χ1v) is 10.1. The van der Waals surface area contributed by atoms with Gasteiger partial charge in [-0.3, -0.25) is 4.79 Å². The van der Waals surface area contributed by atoms with Crippen LogP contribution < -0.4 is 0 Å². The second kappa shape index (κ2) is 5.74.